The lowest BCUT2D eigenvalue weighted by Crippen LogP contribution is -2.43. The van der Waals surface area contributed by atoms with Crippen LogP contribution in [0.25, 0.3) is 5.69 Å². The summed E-state index contributed by atoms with van der Waals surface area (Å²) in [4.78, 5) is 0. The quantitative estimate of drug-likeness (QED) is 0.775. The summed E-state index contributed by atoms with van der Waals surface area (Å²) >= 11 is 0. The molecule has 1 aromatic heterocycles. The second-order valence-corrected chi connectivity index (χ2v) is 7.97. The molecule has 2 aromatic rings. The van der Waals surface area contributed by atoms with Crippen molar-refractivity contribution in [1.82, 2.24) is 20.2 Å². The molecule has 0 amide bonds. The van der Waals surface area contributed by atoms with Gasteiger partial charge in [0.25, 0.3) is 0 Å². The van der Waals surface area contributed by atoms with Crippen LogP contribution in [-0.2, 0) is 6.42 Å². The van der Waals surface area contributed by atoms with Crippen LogP contribution in [0.1, 0.15) is 49.9 Å². The summed E-state index contributed by atoms with van der Waals surface area (Å²) in [6, 6.07) is 5.57. The Morgan fingerprint density at radius 2 is 2.12 bits per heavy atom. The fourth-order valence-corrected chi connectivity index (χ4v) is 5.69. The summed E-state index contributed by atoms with van der Waals surface area (Å²) in [5.74, 6) is 2.46. The lowest BCUT2D eigenvalue weighted by molar-refractivity contribution is -0.0184. The Bertz CT molecular complexity index is 804. The van der Waals surface area contributed by atoms with Gasteiger partial charge in [0.05, 0.1) is 11.8 Å². The summed E-state index contributed by atoms with van der Waals surface area (Å²) in [6.07, 6.45) is 4.73. The normalized spacial score (nSPS) is 37.1. The molecule has 5 rings (SSSR count). The van der Waals surface area contributed by atoms with Gasteiger partial charge in [-0.25, -0.2) is 0 Å². The number of aliphatic hydroxyl groups is 1. The summed E-state index contributed by atoms with van der Waals surface area (Å²) in [7, 11) is 0. The van der Waals surface area contributed by atoms with E-state index in [1.165, 1.54) is 5.56 Å². The van der Waals surface area contributed by atoms with Gasteiger partial charge in [0.15, 0.2) is 5.82 Å². The number of rotatable bonds is 0. The number of phenols is 1. The molecule has 5 atom stereocenters. The maximum absolute atomic E-state index is 10.6. The molecule has 1 aromatic carbocycles. The van der Waals surface area contributed by atoms with Crippen molar-refractivity contribution in [3.63, 3.8) is 0 Å². The number of hydrogen-bond acceptors (Lipinski definition) is 5. The van der Waals surface area contributed by atoms with Crippen molar-refractivity contribution >= 4 is 0 Å². The SMILES string of the molecule is C[C@]12CCC3c4ccc(O)cc4-n4nnnc4CC3C1CC[C@@H]2O. The Balaban J connectivity index is 1.68. The van der Waals surface area contributed by atoms with Gasteiger partial charge in [0.2, 0.25) is 0 Å². The maximum atomic E-state index is 10.6. The van der Waals surface area contributed by atoms with Gasteiger partial charge < -0.3 is 10.2 Å². The average Bonchev–Trinajstić information content (AvgIpc) is 3.10. The molecule has 2 heterocycles. The lowest BCUT2D eigenvalue weighted by Gasteiger charge is -2.47. The van der Waals surface area contributed by atoms with Crippen molar-refractivity contribution in [1.29, 1.82) is 0 Å². The van der Waals surface area contributed by atoms with Crippen molar-refractivity contribution in [2.45, 2.75) is 51.0 Å². The molecule has 6 heteroatoms. The molecule has 0 spiro atoms. The van der Waals surface area contributed by atoms with Crippen LogP contribution in [0.15, 0.2) is 18.2 Å². The zero-order chi connectivity index (χ0) is 16.5. The average molecular weight is 326 g/mol. The lowest BCUT2D eigenvalue weighted by atomic mass is 9.58. The number of aromatic nitrogens is 4. The predicted octanol–water partition coefficient (Wildman–Crippen LogP) is 2.19. The van der Waals surface area contributed by atoms with E-state index in [2.05, 4.69) is 22.4 Å². The number of aliphatic hydroxyl groups excluding tert-OH is 1. The fourth-order valence-electron chi connectivity index (χ4n) is 5.69. The first-order chi connectivity index (χ1) is 11.6. The molecular weight excluding hydrogens is 304 g/mol. The summed E-state index contributed by atoms with van der Waals surface area (Å²) in [5, 5.41) is 32.8. The third kappa shape index (κ3) is 1.77. The molecule has 3 unspecified atom stereocenters. The van der Waals surface area contributed by atoms with Crippen LogP contribution in [-0.4, -0.2) is 36.5 Å². The van der Waals surface area contributed by atoms with E-state index in [-0.39, 0.29) is 17.3 Å². The molecule has 2 aliphatic carbocycles. The Kier molecular flexibility index (Phi) is 2.87. The van der Waals surface area contributed by atoms with Crippen LogP contribution in [0.3, 0.4) is 0 Å². The van der Waals surface area contributed by atoms with E-state index in [0.717, 1.165) is 43.6 Å². The van der Waals surface area contributed by atoms with Gasteiger partial charge >= 0.3 is 0 Å². The molecule has 0 bridgehead atoms. The molecule has 2 saturated carbocycles. The van der Waals surface area contributed by atoms with Crippen molar-refractivity contribution < 1.29 is 10.2 Å². The van der Waals surface area contributed by atoms with E-state index >= 15 is 0 Å². The van der Waals surface area contributed by atoms with E-state index in [4.69, 9.17) is 0 Å². The molecule has 6 nitrogen and oxygen atoms in total. The molecule has 3 aliphatic rings. The fraction of sp³-hybridized carbons (Fsp3) is 0.611. The highest BCUT2D eigenvalue weighted by atomic mass is 16.3. The van der Waals surface area contributed by atoms with Crippen molar-refractivity contribution in [2.75, 3.05) is 0 Å². The van der Waals surface area contributed by atoms with Gasteiger partial charge in [0.1, 0.15) is 5.75 Å². The van der Waals surface area contributed by atoms with Crippen LogP contribution in [0.5, 0.6) is 5.75 Å². The number of nitrogens with zero attached hydrogens (tertiary/aromatic N) is 4. The molecule has 0 saturated heterocycles. The highest BCUT2D eigenvalue weighted by Crippen LogP contribution is 2.60. The van der Waals surface area contributed by atoms with Crippen LogP contribution in [0, 0.1) is 17.3 Å². The van der Waals surface area contributed by atoms with E-state index in [0.29, 0.717) is 17.8 Å². The number of hydrogen-bond donors (Lipinski definition) is 2. The standard InChI is InChI=1S/C18H22N4O2/c1-18-7-6-11-12-3-2-10(23)8-15(12)22-17(19-20-21-22)9-13(11)14(18)4-5-16(18)24/h2-3,8,11,13-14,16,23-24H,4-7,9H2,1H3/t11?,13?,14?,16-,18-/m0/s1. The van der Waals surface area contributed by atoms with Crippen LogP contribution in [0.4, 0.5) is 0 Å². The van der Waals surface area contributed by atoms with Crippen LogP contribution in [0.2, 0.25) is 0 Å². The highest BCUT2D eigenvalue weighted by Gasteiger charge is 2.54. The Morgan fingerprint density at radius 3 is 3.00 bits per heavy atom. The summed E-state index contributed by atoms with van der Waals surface area (Å²) in [6.45, 7) is 2.26. The number of phenolic OH excluding ortho intramolecular Hbond substituents is 1. The van der Waals surface area contributed by atoms with E-state index < -0.39 is 0 Å². The second kappa shape index (κ2) is 4.79. The molecule has 2 fully saturated rings. The first-order valence-electron chi connectivity index (χ1n) is 8.86. The number of tetrazole rings is 1. The number of benzene rings is 1. The molecule has 2 N–H and O–H groups in total. The first kappa shape index (κ1) is 14.4. The predicted molar refractivity (Wildman–Crippen MR) is 86.8 cm³/mol. The third-order valence-corrected chi connectivity index (χ3v) is 6.98. The zero-order valence-electron chi connectivity index (χ0n) is 13.8. The van der Waals surface area contributed by atoms with Crippen molar-refractivity contribution in [3.05, 3.63) is 29.6 Å². The van der Waals surface area contributed by atoms with Gasteiger partial charge in [-0.3, -0.25) is 0 Å². The molecule has 126 valence electrons. The largest absolute Gasteiger partial charge is 0.508 e. The second-order valence-electron chi connectivity index (χ2n) is 7.97. The maximum Gasteiger partial charge on any atom is 0.157 e. The monoisotopic (exact) mass is 326 g/mol. The minimum Gasteiger partial charge on any atom is -0.508 e. The number of fused-ring (bicyclic) bond motifs is 7. The van der Waals surface area contributed by atoms with Gasteiger partial charge in [-0.05, 0) is 70.9 Å². The third-order valence-electron chi connectivity index (χ3n) is 6.98. The minimum atomic E-state index is -0.193. The molecule has 0 radical (unpaired) electrons. The highest BCUT2D eigenvalue weighted by molar-refractivity contribution is 5.49. The molecular formula is C18H22N4O2. The summed E-state index contributed by atoms with van der Waals surface area (Å²) in [5.41, 5.74) is 2.15. The molecule has 1 aliphatic heterocycles. The van der Waals surface area contributed by atoms with E-state index in [1.54, 1.807) is 16.8 Å². The van der Waals surface area contributed by atoms with Gasteiger partial charge in [-0.2, -0.15) is 4.68 Å². The van der Waals surface area contributed by atoms with Gasteiger partial charge in [0, 0.05) is 12.5 Å². The van der Waals surface area contributed by atoms with Crippen LogP contribution >= 0.6 is 0 Å². The first-order valence-corrected chi connectivity index (χ1v) is 8.86. The smallest absolute Gasteiger partial charge is 0.157 e. The van der Waals surface area contributed by atoms with Crippen LogP contribution < -0.4 is 0 Å². The Labute approximate surface area is 140 Å². The zero-order valence-corrected chi connectivity index (χ0v) is 13.8. The van der Waals surface area contributed by atoms with E-state index in [1.807, 2.05) is 6.07 Å². The van der Waals surface area contributed by atoms with E-state index in [9.17, 15) is 10.2 Å². The summed E-state index contributed by atoms with van der Waals surface area (Å²) < 4.78 is 1.79. The van der Waals surface area contributed by atoms with Crippen molar-refractivity contribution in [2.24, 2.45) is 17.3 Å². The number of aromatic hydroxyl groups is 1. The Hall–Kier alpha value is -1.95. The topological polar surface area (TPSA) is 84.1 Å². The van der Waals surface area contributed by atoms with Gasteiger partial charge in [-0.15, -0.1) is 5.10 Å². The van der Waals surface area contributed by atoms with Gasteiger partial charge in [-0.1, -0.05) is 13.0 Å². The Morgan fingerprint density at radius 1 is 1.25 bits per heavy atom. The minimum absolute atomic E-state index is 0.0148. The molecule has 24 heavy (non-hydrogen) atoms. The van der Waals surface area contributed by atoms with Crippen molar-refractivity contribution in [3.8, 4) is 11.4 Å².